The van der Waals surface area contributed by atoms with E-state index in [0.717, 1.165) is 19.3 Å². The quantitative estimate of drug-likeness (QED) is 0.512. The lowest BCUT2D eigenvalue weighted by Gasteiger charge is -2.10. The summed E-state index contributed by atoms with van der Waals surface area (Å²) in [7, 11) is 0. The second kappa shape index (κ2) is 9.15. The molecule has 0 rings (SSSR count). The minimum absolute atomic E-state index is 0.111. The number of carboxylic acid groups (broad SMARTS) is 1. The molecular formula is C11H22N2O3. The van der Waals surface area contributed by atoms with Gasteiger partial charge in [-0.3, -0.25) is 9.59 Å². The lowest BCUT2D eigenvalue weighted by atomic mass is 10.1. The Morgan fingerprint density at radius 2 is 2.00 bits per heavy atom. The van der Waals surface area contributed by atoms with Crippen LogP contribution in [-0.4, -0.2) is 29.6 Å². The smallest absolute Gasteiger partial charge is 0.303 e. The van der Waals surface area contributed by atoms with Crippen LogP contribution >= 0.6 is 0 Å². The second-order valence-corrected chi connectivity index (χ2v) is 3.89. The molecule has 1 unspecified atom stereocenters. The molecule has 0 radical (unpaired) electrons. The molecule has 5 nitrogen and oxygen atoms in total. The van der Waals surface area contributed by atoms with Crippen molar-refractivity contribution in [3.63, 3.8) is 0 Å². The fourth-order valence-corrected chi connectivity index (χ4v) is 1.36. The van der Waals surface area contributed by atoms with Gasteiger partial charge in [0.2, 0.25) is 5.91 Å². The first-order valence-electron chi connectivity index (χ1n) is 5.83. The van der Waals surface area contributed by atoms with Crippen molar-refractivity contribution in [1.29, 1.82) is 0 Å². The number of unbranched alkanes of at least 4 members (excludes halogenated alkanes) is 2. The molecule has 0 aliphatic carbocycles. The Morgan fingerprint density at radius 3 is 2.56 bits per heavy atom. The lowest BCUT2D eigenvalue weighted by Crippen LogP contribution is -2.40. The van der Waals surface area contributed by atoms with E-state index in [9.17, 15) is 9.59 Å². The maximum absolute atomic E-state index is 11.3. The summed E-state index contributed by atoms with van der Waals surface area (Å²) >= 11 is 0. The lowest BCUT2D eigenvalue weighted by molar-refractivity contribution is -0.137. The fourth-order valence-electron chi connectivity index (χ4n) is 1.36. The van der Waals surface area contributed by atoms with E-state index in [4.69, 9.17) is 10.8 Å². The number of hydrogen-bond acceptors (Lipinski definition) is 3. The zero-order valence-electron chi connectivity index (χ0n) is 9.87. The van der Waals surface area contributed by atoms with Crippen LogP contribution in [0.3, 0.4) is 0 Å². The molecule has 0 spiro atoms. The molecule has 1 amide bonds. The third-order valence-electron chi connectivity index (χ3n) is 2.30. The predicted octanol–water partition coefficient (Wildman–Crippen LogP) is 0.875. The highest BCUT2D eigenvalue weighted by atomic mass is 16.4. The van der Waals surface area contributed by atoms with Crippen molar-refractivity contribution in [2.45, 2.75) is 51.5 Å². The van der Waals surface area contributed by atoms with Crippen molar-refractivity contribution in [3.05, 3.63) is 0 Å². The SMILES string of the molecule is CCCC(N)C(=O)NCCCCCC(=O)O. The molecule has 0 aliphatic rings. The maximum atomic E-state index is 11.3. The normalized spacial score (nSPS) is 12.1. The Bertz CT molecular complexity index is 219. The van der Waals surface area contributed by atoms with E-state index in [0.29, 0.717) is 19.4 Å². The number of carbonyl (C=O) groups is 2. The Kier molecular flexibility index (Phi) is 8.52. The molecule has 0 aliphatic heterocycles. The van der Waals surface area contributed by atoms with E-state index < -0.39 is 12.0 Å². The van der Waals surface area contributed by atoms with Crippen molar-refractivity contribution in [1.82, 2.24) is 5.32 Å². The molecule has 94 valence electrons. The predicted molar refractivity (Wildman–Crippen MR) is 62.0 cm³/mol. The molecule has 0 fully saturated rings. The van der Waals surface area contributed by atoms with Gasteiger partial charge in [0.1, 0.15) is 0 Å². The molecule has 0 heterocycles. The Hall–Kier alpha value is -1.10. The minimum atomic E-state index is -0.769. The summed E-state index contributed by atoms with van der Waals surface area (Å²) in [5.41, 5.74) is 5.62. The van der Waals surface area contributed by atoms with Crippen molar-refractivity contribution in [2.75, 3.05) is 6.54 Å². The van der Waals surface area contributed by atoms with Crippen LogP contribution in [0.1, 0.15) is 45.4 Å². The molecule has 5 heteroatoms. The topological polar surface area (TPSA) is 92.4 Å². The van der Waals surface area contributed by atoms with E-state index >= 15 is 0 Å². The molecule has 0 aromatic carbocycles. The summed E-state index contributed by atoms with van der Waals surface area (Å²) in [6.45, 7) is 2.56. The maximum Gasteiger partial charge on any atom is 0.303 e. The monoisotopic (exact) mass is 230 g/mol. The van der Waals surface area contributed by atoms with Crippen molar-refractivity contribution >= 4 is 11.9 Å². The van der Waals surface area contributed by atoms with E-state index in [1.807, 2.05) is 6.92 Å². The highest BCUT2D eigenvalue weighted by Gasteiger charge is 2.10. The summed E-state index contributed by atoms with van der Waals surface area (Å²) < 4.78 is 0. The number of rotatable bonds is 9. The van der Waals surface area contributed by atoms with Gasteiger partial charge in [0, 0.05) is 13.0 Å². The third-order valence-corrected chi connectivity index (χ3v) is 2.30. The van der Waals surface area contributed by atoms with Gasteiger partial charge in [-0.1, -0.05) is 19.8 Å². The van der Waals surface area contributed by atoms with Crippen molar-refractivity contribution in [2.24, 2.45) is 5.73 Å². The largest absolute Gasteiger partial charge is 0.481 e. The summed E-state index contributed by atoms with van der Waals surface area (Å²) in [6, 6.07) is -0.413. The van der Waals surface area contributed by atoms with Crippen molar-refractivity contribution in [3.8, 4) is 0 Å². The average molecular weight is 230 g/mol. The first kappa shape index (κ1) is 14.9. The van der Waals surface area contributed by atoms with Crippen LogP contribution in [0.15, 0.2) is 0 Å². The molecule has 0 saturated heterocycles. The van der Waals surface area contributed by atoms with Gasteiger partial charge in [-0.25, -0.2) is 0 Å². The molecule has 1 atom stereocenters. The Balaban J connectivity index is 3.37. The second-order valence-electron chi connectivity index (χ2n) is 3.89. The minimum Gasteiger partial charge on any atom is -0.481 e. The standard InChI is InChI=1S/C11H22N2O3/c1-2-6-9(12)11(16)13-8-5-3-4-7-10(14)15/h9H,2-8,12H2,1H3,(H,13,16)(H,14,15). The van der Waals surface area contributed by atoms with Gasteiger partial charge in [-0.05, 0) is 19.3 Å². The van der Waals surface area contributed by atoms with E-state index in [-0.39, 0.29) is 12.3 Å². The van der Waals surface area contributed by atoms with E-state index in [1.165, 1.54) is 0 Å². The van der Waals surface area contributed by atoms with Crippen LogP contribution in [-0.2, 0) is 9.59 Å². The number of nitrogens with one attached hydrogen (secondary N) is 1. The van der Waals surface area contributed by atoms with Crippen LogP contribution in [0, 0.1) is 0 Å². The van der Waals surface area contributed by atoms with Crippen LogP contribution in [0.5, 0.6) is 0 Å². The van der Waals surface area contributed by atoms with E-state index in [2.05, 4.69) is 5.32 Å². The zero-order valence-corrected chi connectivity index (χ0v) is 9.87. The van der Waals surface area contributed by atoms with Crippen molar-refractivity contribution < 1.29 is 14.7 Å². The van der Waals surface area contributed by atoms with Gasteiger partial charge in [-0.2, -0.15) is 0 Å². The van der Waals surface area contributed by atoms with Gasteiger partial charge >= 0.3 is 5.97 Å². The molecular weight excluding hydrogens is 208 g/mol. The first-order valence-corrected chi connectivity index (χ1v) is 5.83. The molecule has 0 aromatic heterocycles. The number of aliphatic carboxylic acids is 1. The number of amides is 1. The van der Waals surface area contributed by atoms with Gasteiger partial charge in [0.15, 0.2) is 0 Å². The van der Waals surface area contributed by atoms with E-state index in [1.54, 1.807) is 0 Å². The number of nitrogens with two attached hydrogens (primary N) is 1. The summed E-state index contributed by atoms with van der Waals surface area (Å²) in [4.78, 5) is 21.6. The molecule has 0 saturated carbocycles. The molecule has 0 aromatic rings. The Labute approximate surface area is 96.4 Å². The van der Waals surface area contributed by atoms with Gasteiger partial charge in [0.25, 0.3) is 0 Å². The average Bonchev–Trinajstić information content (AvgIpc) is 2.22. The van der Waals surface area contributed by atoms with Crippen LogP contribution in [0.2, 0.25) is 0 Å². The molecule has 0 bridgehead atoms. The summed E-state index contributed by atoms with van der Waals surface area (Å²) in [5, 5.41) is 11.1. The third kappa shape index (κ3) is 8.23. The van der Waals surface area contributed by atoms with Crippen LogP contribution in [0.4, 0.5) is 0 Å². The number of carboxylic acids is 1. The molecule has 16 heavy (non-hydrogen) atoms. The van der Waals surface area contributed by atoms with Gasteiger partial charge in [-0.15, -0.1) is 0 Å². The van der Waals surface area contributed by atoms with Crippen LogP contribution in [0.25, 0.3) is 0 Å². The Morgan fingerprint density at radius 1 is 1.31 bits per heavy atom. The summed E-state index contributed by atoms with van der Waals surface area (Å²) in [6.07, 6.45) is 4.07. The highest BCUT2D eigenvalue weighted by molar-refractivity contribution is 5.81. The first-order chi connectivity index (χ1) is 7.57. The summed E-state index contributed by atoms with van der Waals surface area (Å²) in [5.74, 6) is -0.880. The number of hydrogen-bond donors (Lipinski definition) is 3. The number of carbonyl (C=O) groups excluding carboxylic acids is 1. The highest BCUT2D eigenvalue weighted by Crippen LogP contribution is 1.99. The zero-order chi connectivity index (χ0) is 12.4. The van der Waals surface area contributed by atoms with Gasteiger partial charge < -0.3 is 16.2 Å². The fraction of sp³-hybridized carbons (Fsp3) is 0.818. The van der Waals surface area contributed by atoms with Crippen LogP contribution < -0.4 is 11.1 Å². The molecule has 4 N–H and O–H groups in total. The van der Waals surface area contributed by atoms with Gasteiger partial charge in [0.05, 0.1) is 6.04 Å².